The zero-order valence-electron chi connectivity index (χ0n) is 22.1. The predicted octanol–water partition coefficient (Wildman–Crippen LogP) is 3.32. The Labute approximate surface area is 225 Å². The number of nitrogens with one attached hydrogen (secondary N) is 3. The van der Waals surface area contributed by atoms with Crippen molar-refractivity contribution in [3.8, 4) is 0 Å². The molecule has 2 fully saturated rings. The van der Waals surface area contributed by atoms with Crippen LogP contribution in [0.4, 0.5) is 22.0 Å². The van der Waals surface area contributed by atoms with E-state index < -0.39 is 17.8 Å². The summed E-state index contributed by atoms with van der Waals surface area (Å²) in [4.78, 5) is 35.4. The summed E-state index contributed by atoms with van der Waals surface area (Å²) in [7, 11) is 0. The number of hydrogen-bond acceptors (Lipinski definition) is 8. The zero-order chi connectivity index (χ0) is 27.5. The van der Waals surface area contributed by atoms with Gasteiger partial charge in [-0.2, -0.15) is 19.6 Å². The lowest BCUT2D eigenvalue weighted by atomic mass is 10.0. The van der Waals surface area contributed by atoms with Gasteiger partial charge >= 0.3 is 0 Å². The van der Waals surface area contributed by atoms with Gasteiger partial charge in [-0.3, -0.25) is 9.59 Å². The van der Waals surface area contributed by atoms with Crippen LogP contribution in [0.2, 0.25) is 0 Å². The van der Waals surface area contributed by atoms with Gasteiger partial charge in [-0.15, -0.1) is 0 Å². The van der Waals surface area contributed by atoms with E-state index in [4.69, 9.17) is 9.72 Å². The van der Waals surface area contributed by atoms with Crippen molar-refractivity contribution in [2.24, 2.45) is 0 Å². The lowest BCUT2D eigenvalue weighted by Gasteiger charge is -2.39. The Morgan fingerprint density at radius 3 is 2.72 bits per heavy atom. The molecule has 4 heterocycles. The highest BCUT2D eigenvalue weighted by Gasteiger charge is 2.36. The number of benzene rings is 1. The van der Waals surface area contributed by atoms with Crippen LogP contribution >= 0.6 is 0 Å². The van der Waals surface area contributed by atoms with Gasteiger partial charge in [0.25, 0.3) is 0 Å². The van der Waals surface area contributed by atoms with Crippen LogP contribution in [-0.4, -0.2) is 68.1 Å². The summed E-state index contributed by atoms with van der Waals surface area (Å²) in [6.45, 7) is 9.55. The van der Waals surface area contributed by atoms with Gasteiger partial charge in [0, 0.05) is 43.5 Å². The quantitative estimate of drug-likeness (QED) is 0.356. The van der Waals surface area contributed by atoms with Crippen molar-refractivity contribution in [3.63, 3.8) is 0 Å². The maximum absolute atomic E-state index is 15.4. The van der Waals surface area contributed by atoms with Gasteiger partial charge in [0.1, 0.15) is 6.04 Å². The van der Waals surface area contributed by atoms with Gasteiger partial charge in [-0.1, -0.05) is 32.6 Å². The molecule has 2 aliphatic rings. The minimum atomic E-state index is -0.636. The lowest BCUT2D eigenvalue weighted by Crippen LogP contribution is -2.56. The van der Waals surface area contributed by atoms with Crippen LogP contribution in [0.15, 0.2) is 37.1 Å². The van der Waals surface area contributed by atoms with Crippen molar-refractivity contribution in [2.45, 2.75) is 57.7 Å². The van der Waals surface area contributed by atoms with E-state index in [0.717, 1.165) is 18.4 Å². The second-order valence-corrected chi connectivity index (χ2v) is 10.1. The van der Waals surface area contributed by atoms with Crippen LogP contribution in [0, 0.1) is 5.82 Å². The first-order valence-electron chi connectivity index (χ1n) is 13.2. The van der Waals surface area contributed by atoms with E-state index in [1.54, 1.807) is 22.8 Å². The molecule has 5 rings (SSSR count). The molecule has 1 unspecified atom stereocenters. The first-order chi connectivity index (χ1) is 18.9. The molecule has 3 N–H and O–H groups in total. The summed E-state index contributed by atoms with van der Waals surface area (Å²) in [5.41, 5.74) is 2.04. The number of nitrogens with zero attached hydrogens (tertiary/aromatic N) is 5. The van der Waals surface area contributed by atoms with Crippen molar-refractivity contribution >= 4 is 35.0 Å². The summed E-state index contributed by atoms with van der Waals surface area (Å²) < 4.78 is 22.5. The van der Waals surface area contributed by atoms with Crippen LogP contribution in [-0.2, 0) is 20.9 Å². The van der Waals surface area contributed by atoms with Crippen LogP contribution in [0.3, 0.4) is 0 Å². The molecule has 11 nitrogen and oxygen atoms in total. The molecule has 2 amide bonds. The van der Waals surface area contributed by atoms with Gasteiger partial charge in [0.2, 0.25) is 23.7 Å². The number of carbonyl (C=O) groups is 2. The first-order valence-corrected chi connectivity index (χ1v) is 13.2. The van der Waals surface area contributed by atoms with Gasteiger partial charge in [0.15, 0.2) is 11.5 Å². The smallest absolute Gasteiger partial charge is 0.247 e. The highest BCUT2D eigenvalue weighted by molar-refractivity contribution is 6.00. The molecular formula is C27H33FN8O3. The maximum atomic E-state index is 15.4. The third-order valence-electron chi connectivity index (χ3n) is 7.13. The number of ether oxygens (including phenoxy) is 1. The van der Waals surface area contributed by atoms with E-state index >= 15 is 4.39 Å². The van der Waals surface area contributed by atoms with Gasteiger partial charge in [-0.05, 0) is 37.3 Å². The number of anilines is 3. The van der Waals surface area contributed by atoms with E-state index in [9.17, 15) is 9.59 Å². The van der Waals surface area contributed by atoms with E-state index in [0.29, 0.717) is 49.3 Å². The summed E-state index contributed by atoms with van der Waals surface area (Å²) in [6, 6.07) is 4.36. The number of carbonyl (C=O) groups excluding carboxylic acids is 2. The molecule has 2 aromatic heterocycles. The molecule has 206 valence electrons. The second kappa shape index (κ2) is 11.4. The normalized spacial score (nSPS) is 17.6. The molecule has 0 radical (unpaired) electrons. The van der Waals surface area contributed by atoms with Gasteiger partial charge < -0.3 is 25.6 Å². The van der Waals surface area contributed by atoms with E-state index in [2.05, 4.69) is 46.5 Å². The summed E-state index contributed by atoms with van der Waals surface area (Å²) in [5.74, 6) is -0.218. The molecule has 2 saturated heterocycles. The van der Waals surface area contributed by atoms with E-state index in [1.807, 2.05) is 0 Å². The Bertz CT molecular complexity index is 1380. The third kappa shape index (κ3) is 5.56. The SMILES string of the molecule is C=CC(=O)N1CCC1C(=O)Nc1cccc(CNc2nc(NC3CCOCC3)nc3c(C(C)C)cnn23)c1F. The van der Waals surface area contributed by atoms with Crippen LogP contribution in [0.25, 0.3) is 5.65 Å². The van der Waals surface area contributed by atoms with Crippen molar-refractivity contribution < 1.29 is 18.7 Å². The summed E-state index contributed by atoms with van der Waals surface area (Å²) in [5, 5.41) is 13.7. The Kier molecular flexibility index (Phi) is 7.73. The topological polar surface area (TPSA) is 126 Å². The minimum Gasteiger partial charge on any atom is -0.381 e. The van der Waals surface area contributed by atoms with Crippen LogP contribution < -0.4 is 16.0 Å². The van der Waals surface area contributed by atoms with Gasteiger partial charge in [-0.25, -0.2) is 4.39 Å². The second-order valence-electron chi connectivity index (χ2n) is 10.1. The Balaban J connectivity index is 1.34. The number of amides is 2. The molecule has 0 spiro atoms. The number of likely N-dealkylation sites (tertiary alicyclic amines) is 1. The molecule has 39 heavy (non-hydrogen) atoms. The number of halogens is 1. The Hall–Kier alpha value is -4.06. The average Bonchev–Trinajstić information content (AvgIpc) is 3.33. The molecule has 0 aliphatic carbocycles. The molecule has 3 aromatic rings. The molecular weight excluding hydrogens is 503 g/mol. The maximum Gasteiger partial charge on any atom is 0.247 e. The number of hydrogen-bond donors (Lipinski definition) is 3. The fourth-order valence-corrected chi connectivity index (χ4v) is 4.75. The highest BCUT2D eigenvalue weighted by atomic mass is 19.1. The molecule has 12 heteroatoms. The molecule has 0 saturated carbocycles. The van der Waals surface area contributed by atoms with Crippen LogP contribution in [0.1, 0.15) is 50.2 Å². The molecule has 1 aromatic carbocycles. The number of aromatic nitrogens is 4. The standard InChI is InChI=1S/C27H33FN8O3/c1-4-22(37)35-11-8-21(35)25(38)32-20-7-5-6-17(23(20)28)14-29-27-34-26(31-18-9-12-39-13-10-18)33-24-19(16(2)3)15-30-36(24)27/h4-7,15-16,18,21H,1,8-14H2,2-3H3,(H,32,38)(H2,29,31,33,34). The Morgan fingerprint density at radius 2 is 2.03 bits per heavy atom. The van der Waals surface area contributed by atoms with E-state index in [-0.39, 0.29) is 30.1 Å². The van der Waals surface area contributed by atoms with E-state index in [1.165, 1.54) is 17.0 Å². The lowest BCUT2D eigenvalue weighted by molar-refractivity contribution is -0.141. The predicted molar refractivity (Wildman–Crippen MR) is 145 cm³/mol. The summed E-state index contributed by atoms with van der Waals surface area (Å²) >= 11 is 0. The monoisotopic (exact) mass is 536 g/mol. The Morgan fingerprint density at radius 1 is 1.23 bits per heavy atom. The van der Waals surface area contributed by atoms with Gasteiger partial charge in [0.05, 0.1) is 11.9 Å². The first kappa shape index (κ1) is 26.5. The molecule has 1 atom stereocenters. The van der Waals surface area contributed by atoms with Crippen molar-refractivity contribution in [1.29, 1.82) is 0 Å². The summed E-state index contributed by atoms with van der Waals surface area (Å²) in [6.07, 6.45) is 5.18. The molecule has 0 bridgehead atoms. The fraction of sp³-hybridized carbons (Fsp3) is 0.444. The number of fused-ring (bicyclic) bond motifs is 1. The zero-order valence-corrected chi connectivity index (χ0v) is 22.1. The largest absolute Gasteiger partial charge is 0.381 e. The highest BCUT2D eigenvalue weighted by Crippen LogP contribution is 2.25. The minimum absolute atomic E-state index is 0.0492. The fourth-order valence-electron chi connectivity index (χ4n) is 4.75. The average molecular weight is 537 g/mol. The van der Waals surface area contributed by atoms with Crippen molar-refractivity contribution in [1.82, 2.24) is 24.5 Å². The van der Waals surface area contributed by atoms with Crippen molar-refractivity contribution in [2.75, 3.05) is 35.7 Å². The number of rotatable bonds is 9. The molecule has 2 aliphatic heterocycles. The van der Waals surface area contributed by atoms with Crippen molar-refractivity contribution in [3.05, 3.63) is 54.0 Å². The third-order valence-corrected chi connectivity index (χ3v) is 7.13. The van der Waals surface area contributed by atoms with Crippen LogP contribution in [0.5, 0.6) is 0 Å².